The molecule has 3 N–H and O–H groups in total. The fourth-order valence-electron chi connectivity index (χ4n) is 2.42. The summed E-state index contributed by atoms with van der Waals surface area (Å²) in [6.07, 6.45) is 0.222. The van der Waals surface area contributed by atoms with Gasteiger partial charge >= 0.3 is 5.97 Å². The Morgan fingerprint density at radius 3 is 2.83 bits per heavy atom. The Labute approximate surface area is 136 Å². The molecule has 1 saturated heterocycles. The Balaban J connectivity index is 1.82. The fraction of sp³-hybridized carbons (Fsp3) is 0.267. The highest BCUT2D eigenvalue weighted by Gasteiger charge is 2.44. The van der Waals surface area contributed by atoms with Crippen LogP contribution in [-0.4, -0.2) is 45.9 Å². The zero-order valence-corrected chi connectivity index (χ0v) is 12.8. The normalized spacial score (nSPS) is 20.4. The number of ether oxygens (including phenoxy) is 1. The van der Waals surface area contributed by atoms with Gasteiger partial charge in [0.2, 0.25) is 0 Å². The van der Waals surface area contributed by atoms with E-state index in [9.17, 15) is 14.7 Å². The molecule has 1 aliphatic heterocycles. The molecular formula is C15H14ClN3O4. The number of nitrogens with one attached hydrogen (secondary N) is 2. The predicted molar refractivity (Wildman–Crippen MR) is 82.3 cm³/mol. The Morgan fingerprint density at radius 2 is 2.17 bits per heavy atom. The van der Waals surface area contributed by atoms with E-state index in [0.717, 1.165) is 0 Å². The molecule has 1 unspecified atom stereocenters. The lowest BCUT2D eigenvalue weighted by Crippen LogP contribution is -2.55. The lowest BCUT2D eigenvalue weighted by Gasteiger charge is -2.23. The van der Waals surface area contributed by atoms with Crippen LogP contribution in [-0.2, 0) is 9.53 Å². The molecule has 0 bridgehead atoms. The van der Waals surface area contributed by atoms with E-state index in [2.05, 4.69) is 15.5 Å². The van der Waals surface area contributed by atoms with Gasteiger partial charge in [0, 0.05) is 18.6 Å². The molecule has 1 atom stereocenters. The van der Waals surface area contributed by atoms with Crippen molar-refractivity contribution in [2.24, 2.45) is 0 Å². The van der Waals surface area contributed by atoms with E-state index >= 15 is 0 Å². The van der Waals surface area contributed by atoms with Crippen LogP contribution in [0.25, 0.3) is 11.3 Å². The van der Waals surface area contributed by atoms with E-state index in [1.54, 1.807) is 18.2 Å². The summed E-state index contributed by atoms with van der Waals surface area (Å²) in [5, 5.41) is 19.0. The largest absolute Gasteiger partial charge is 0.479 e. The van der Waals surface area contributed by atoms with Crippen LogP contribution in [0.4, 0.5) is 0 Å². The van der Waals surface area contributed by atoms with Gasteiger partial charge < -0.3 is 15.2 Å². The molecule has 1 aromatic carbocycles. The number of carbonyl (C=O) groups excluding carboxylic acids is 1. The van der Waals surface area contributed by atoms with Gasteiger partial charge in [-0.3, -0.25) is 9.89 Å². The molecule has 0 spiro atoms. The molecule has 2 aromatic rings. The van der Waals surface area contributed by atoms with Crippen LogP contribution < -0.4 is 5.32 Å². The molecule has 120 valence electrons. The second-order valence-corrected chi connectivity index (χ2v) is 5.70. The summed E-state index contributed by atoms with van der Waals surface area (Å²) >= 11 is 6.10. The topological polar surface area (TPSA) is 104 Å². The van der Waals surface area contributed by atoms with Gasteiger partial charge in [0.1, 0.15) is 5.69 Å². The van der Waals surface area contributed by atoms with Crippen LogP contribution in [0.15, 0.2) is 30.3 Å². The lowest BCUT2D eigenvalue weighted by molar-refractivity contribution is -0.144. The number of rotatable bonds is 4. The number of benzene rings is 1. The first kappa shape index (κ1) is 15.5. The maximum Gasteiger partial charge on any atom is 0.331 e. The Hall–Kier alpha value is -2.38. The summed E-state index contributed by atoms with van der Waals surface area (Å²) in [7, 11) is 0. The zero-order chi connectivity index (χ0) is 16.4. The van der Waals surface area contributed by atoms with Crippen LogP contribution in [0.3, 0.4) is 0 Å². The number of aromatic nitrogens is 2. The van der Waals surface area contributed by atoms with Crippen molar-refractivity contribution in [3.63, 3.8) is 0 Å². The third-order valence-corrected chi connectivity index (χ3v) is 4.09. The molecule has 1 aliphatic rings. The first-order valence-electron chi connectivity index (χ1n) is 6.96. The molecule has 0 radical (unpaired) electrons. The third-order valence-electron chi connectivity index (χ3n) is 3.76. The maximum absolute atomic E-state index is 12.3. The quantitative estimate of drug-likeness (QED) is 0.789. The third kappa shape index (κ3) is 2.93. The number of carboxylic acid groups (broad SMARTS) is 1. The number of hydrogen-bond acceptors (Lipinski definition) is 4. The van der Waals surface area contributed by atoms with E-state index in [1.807, 2.05) is 6.07 Å². The van der Waals surface area contributed by atoms with E-state index in [4.69, 9.17) is 16.3 Å². The minimum absolute atomic E-state index is 0.0560. The van der Waals surface area contributed by atoms with Gasteiger partial charge in [-0.25, -0.2) is 4.79 Å². The van der Waals surface area contributed by atoms with Crippen LogP contribution in [0, 0.1) is 0 Å². The van der Waals surface area contributed by atoms with Crippen LogP contribution in [0.2, 0.25) is 5.02 Å². The first-order valence-corrected chi connectivity index (χ1v) is 7.34. The number of amides is 1. The SMILES string of the molecule is O=C(NC1(C(=O)O)CCOC1)c1cc(-c2ccccc2Cl)n[nH]1. The number of carbonyl (C=O) groups is 2. The number of aliphatic carboxylic acids is 1. The van der Waals surface area contributed by atoms with Crippen LogP contribution in [0.1, 0.15) is 16.9 Å². The molecule has 1 amide bonds. The van der Waals surface area contributed by atoms with Gasteiger partial charge in [0.15, 0.2) is 5.54 Å². The van der Waals surface area contributed by atoms with Crippen molar-refractivity contribution in [2.75, 3.05) is 13.2 Å². The average molecular weight is 336 g/mol. The van der Waals surface area contributed by atoms with Crippen molar-refractivity contribution in [1.82, 2.24) is 15.5 Å². The fourth-order valence-corrected chi connectivity index (χ4v) is 2.65. The highest BCUT2D eigenvalue weighted by molar-refractivity contribution is 6.33. The molecule has 23 heavy (non-hydrogen) atoms. The number of halogens is 1. The minimum atomic E-state index is -1.40. The molecule has 8 heteroatoms. The number of nitrogens with zero attached hydrogens (tertiary/aromatic N) is 1. The smallest absolute Gasteiger partial charge is 0.331 e. The van der Waals surface area contributed by atoms with Gasteiger partial charge in [-0.2, -0.15) is 5.10 Å². The number of hydrogen-bond donors (Lipinski definition) is 3. The second-order valence-electron chi connectivity index (χ2n) is 5.29. The van der Waals surface area contributed by atoms with Crippen molar-refractivity contribution in [1.29, 1.82) is 0 Å². The summed E-state index contributed by atoms with van der Waals surface area (Å²) in [6, 6.07) is 8.64. The van der Waals surface area contributed by atoms with Gasteiger partial charge in [-0.15, -0.1) is 0 Å². The summed E-state index contributed by atoms with van der Waals surface area (Å²) < 4.78 is 5.11. The van der Waals surface area contributed by atoms with Crippen molar-refractivity contribution >= 4 is 23.5 Å². The number of H-pyrrole nitrogens is 1. The first-order chi connectivity index (χ1) is 11.0. The summed E-state index contributed by atoms with van der Waals surface area (Å²) in [5.74, 6) is -1.67. The summed E-state index contributed by atoms with van der Waals surface area (Å²) in [6.45, 7) is 0.236. The van der Waals surface area contributed by atoms with Crippen molar-refractivity contribution in [3.05, 3.63) is 41.0 Å². The molecule has 7 nitrogen and oxygen atoms in total. The molecule has 0 aliphatic carbocycles. The number of aromatic amines is 1. The molecule has 3 rings (SSSR count). The molecule has 1 fully saturated rings. The van der Waals surface area contributed by atoms with Crippen molar-refractivity contribution < 1.29 is 19.4 Å². The van der Waals surface area contributed by atoms with E-state index in [-0.39, 0.29) is 18.7 Å². The van der Waals surface area contributed by atoms with E-state index < -0.39 is 17.4 Å². The van der Waals surface area contributed by atoms with Gasteiger partial charge in [-0.05, 0) is 12.1 Å². The van der Waals surface area contributed by atoms with Gasteiger partial charge in [-0.1, -0.05) is 29.8 Å². The zero-order valence-electron chi connectivity index (χ0n) is 12.0. The molecular weight excluding hydrogens is 322 g/mol. The van der Waals surface area contributed by atoms with Crippen LogP contribution in [0.5, 0.6) is 0 Å². The molecule has 1 aromatic heterocycles. The summed E-state index contributed by atoms with van der Waals surface area (Å²) in [5.41, 5.74) is -0.0471. The highest BCUT2D eigenvalue weighted by Crippen LogP contribution is 2.26. The van der Waals surface area contributed by atoms with Gasteiger partial charge in [0.25, 0.3) is 5.91 Å². The summed E-state index contributed by atoms with van der Waals surface area (Å²) in [4.78, 5) is 23.7. The van der Waals surface area contributed by atoms with Crippen LogP contribution >= 0.6 is 11.6 Å². The Morgan fingerprint density at radius 1 is 1.39 bits per heavy atom. The van der Waals surface area contributed by atoms with Gasteiger partial charge in [0.05, 0.1) is 17.3 Å². The maximum atomic E-state index is 12.3. The standard InChI is InChI=1S/C15H14ClN3O4/c16-10-4-2-1-3-9(10)11-7-12(19-18-11)13(20)17-15(14(21)22)5-6-23-8-15/h1-4,7H,5-6,8H2,(H,17,20)(H,18,19)(H,21,22). The lowest BCUT2D eigenvalue weighted by atomic mass is 9.99. The average Bonchev–Trinajstić information content (AvgIpc) is 3.17. The monoisotopic (exact) mass is 335 g/mol. The second kappa shape index (κ2) is 6.02. The Kier molecular flexibility index (Phi) is 4.06. The van der Waals surface area contributed by atoms with E-state index in [1.165, 1.54) is 6.07 Å². The molecule has 0 saturated carbocycles. The Bertz CT molecular complexity index is 753. The number of carboxylic acids is 1. The predicted octanol–water partition coefficient (Wildman–Crippen LogP) is 1.70. The minimum Gasteiger partial charge on any atom is -0.479 e. The van der Waals surface area contributed by atoms with Crippen molar-refractivity contribution in [3.8, 4) is 11.3 Å². The highest BCUT2D eigenvalue weighted by atomic mass is 35.5. The molecule has 2 heterocycles. The van der Waals surface area contributed by atoms with Crippen molar-refractivity contribution in [2.45, 2.75) is 12.0 Å². The van der Waals surface area contributed by atoms with E-state index in [0.29, 0.717) is 22.9 Å².